The third-order valence-electron chi connectivity index (χ3n) is 6.79. The first-order chi connectivity index (χ1) is 20.0. The van der Waals surface area contributed by atoms with Gasteiger partial charge in [-0.1, -0.05) is 53.8 Å². The number of thiazole rings is 1. The van der Waals surface area contributed by atoms with E-state index in [4.69, 9.17) is 28.7 Å². The molecule has 4 aromatic rings. The molecule has 6 rings (SSSR count). The van der Waals surface area contributed by atoms with Crippen LogP contribution in [0.1, 0.15) is 29.7 Å². The third-order valence-corrected chi connectivity index (χ3v) is 7.77. The van der Waals surface area contributed by atoms with Gasteiger partial charge >= 0.3 is 5.97 Å². The smallest absolute Gasteiger partial charge is 0.338 e. The predicted molar refractivity (Wildman–Crippen MR) is 153 cm³/mol. The lowest BCUT2D eigenvalue weighted by molar-refractivity contribution is -0.138. The number of carbonyl (C=O) groups excluding carboxylic acids is 1. The maximum atomic E-state index is 14.1. The van der Waals surface area contributed by atoms with E-state index in [0.29, 0.717) is 43.6 Å². The molecule has 0 saturated heterocycles. The monoisotopic (exact) mass is 570 g/mol. The second-order valence-corrected chi connectivity index (χ2v) is 10.2. The highest BCUT2D eigenvalue weighted by Gasteiger charge is 2.36. The highest BCUT2D eigenvalue weighted by molar-refractivity contribution is 7.07. The number of nitrogens with zero attached hydrogens (tertiary/aromatic N) is 2. The van der Waals surface area contributed by atoms with Crippen molar-refractivity contribution in [2.75, 3.05) is 27.6 Å². The molecular weight excluding hydrogens is 544 g/mol. The molecule has 0 saturated carbocycles. The molecule has 0 radical (unpaired) electrons. The Hall–Kier alpha value is -4.83. The van der Waals surface area contributed by atoms with Crippen molar-refractivity contribution in [3.8, 4) is 23.0 Å². The van der Waals surface area contributed by atoms with Crippen LogP contribution in [0.5, 0.6) is 23.0 Å². The summed E-state index contributed by atoms with van der Waals surface area (Å²) in [5, 5.41) is 0. The van der Waals surface area contributed by atoms with Crippen LogP contribution in [0.4, 0.5) is 0 Å². The number of benzene rings is 3. The van der Waals surface area contributed by atoms with Crippen molar-refractivity contribution >= 4 is 29.1 Å². The predicted octanol–water partition coefficient (Wildman–Crippen LogP) is 3.68. The number of hydrogen-bond donors (Lipinski definition) is 0. The molecule has 9 nitrogen and oxygen atoms in total. The lowest BCUT2D eigenvalue weighted by Crippen LogP contribution is -2.40. The largest absolute Gasteiger partial charge is 0.493 e. The molecule has 208 valence electrons. The number of aromatic nitrogens is 1. The summed E-state index contributed by atoms with van der Waals surface area (Å²) >= 11 is 1.24. The summed E-state index contributed by atoms with van der Waals surface area (Å²) in [5.74, 6) is 1.71. The van der Waals surface area contributed by atoms with Gasteiger partial charge in [-0.3, -0.25) is 9.36 Å². The zero-order valence-electron chi connectivity index (χ0n) is 22.6. The van der Waals surface area contributed by atoms with Gasteiger partial charge in [0.25, 0.3) is 5.56 Å². The van der Waals surface area contributed by atoms with E-state index >= 15 is 0 Å². The summed E-state index contributed by atoms with van der Waals surface area (Å²) in [5.41, 5.74) is 2.58. The summed E-state index contributed by atoms with van der Waals surface area (Å²) in [7, 11) is 3.13. The van der Waals surface area contributed by atoms with Crippen LogP contribution in [0.3, 0.4) is 0 Å². The van der Waals surface area contributed by atoms with Crippen LogP contribution in [-0.2, 0) is 9.53 Å². The number of ether oxygens (including phenoxy) is 5. The summed E-state index contributed by atoms with van der Waals surface area (Å²) in [6.45, 7) is 2.01. The van der Waals surface area contributed by atoms with Gasteiger partial charge in [-0.15, -0.1) is 0 Å². The Kier molecular flexibility index (Phi) is 7.07. The topological polar surface area (TPSA) is 97.6 Å². The standard InChI is InChI=1S/C31H26N2O7S/c1-4-38-30(35)26-27(19-8-6-5-7-9-19)32-31-33(28(26)20-11-13-22-24(16-20)40-17-39-22)29(34)25(41-31)15-18-10-12-21(36-2)23(14-18)37-3/h5-16,28H,4,17H2,1-3H3/t28-/m0/s1. The van der Waals surface area contributed by atoms with Crippen molar-refractivity contribution in [1.82, 2.24) is 4.57 Å². The second-order valence-electron chi connectivity index (χ2n) is 9.16. The molecule has 0 amide bonds. The van der Waals surface area contributed by atoms with Gasteiger partial charge in [-0.2, -0.15) is 0 Å². The first-order valence-corrected chi connectivity index (χ1v) is 13.7. The minimum atomic E-state index is -0.817. The van der Waals surface area contributed by atoms with E-state index in [1.54, 1.807) is 56.1 Å². The van der Waals surface area contributed by atoms with E-state index < -0.39 is 12.0 Å². The average Bonchev–Trinajstić information content (AvgIpc) is 3.60. The van der Waals surface area contributed by atoms with Gasteiger partial charge in [-0.25, -0.2) is 9.79 Å². The van der Waals surface area contributed by atoms with E-state index in [9.17, 15) is 9.59 Å². The van der Waals surface area contributed by atoms with Crippen molar-refractivity contribution in [2.45, 2.75) is 13.0 Å². The van der Waals surface area contributed by atoms with Crippen molar-refractivity contribution in [1.29, 1.82) is 0 Å². The van der Waals surface area contributed by atoms with Crippen molar-refractivity contribution < 1.29 is 28.5 Å². The van der Waals surface area contributed by atoms with E-state index in [-0.39, 0.29) is 24.5 Å². The first kappa shape index (κ1) is 26.4. The van der Waals surface area contributed by atoms with E-state index in [1.807, 2.05) is 42.5 Å². The molecule has 0 spiro atoms. The minimum absolute atomic E-state index is 0.0999. The first-order valence-electron chi connectivity index (χ1n) is 12.9. The second kappa shape index (κ2) is 11.0. The van der Waals surface area contributed by atoms with Crippen LogP contribution in [0.15, 0.2) is 82.1 Å². The summed E-state index contributed by atoms with van der Waals surface area (Å²) in [6.07, 6.45) is 1.78. The lowest BCUT2D eigenvalue weighted by atomic mass is 9.93. The van der Waals surface area contributed by atoms with Gasteiger partial charge in [0.05, 0.1) is 42.7 Å². The Morgan fingerprint density at radius 3 is 2.56 bits per heavy atom. The SMILES string of the molecule is CCOC(=O)C1=C(c2ccccc2)N=c2sc(=Cc3ccc(OC)c(OC)c3)c(=O)n2[C@H]1c1ccc2c(c1)OCO2. The van der Waals surface area contributed by atoms with Crippen LogP contribution >= 0.6 is 11.3 Å². The van der Waals surface area contributed by atoms with Crippen LogP contribution < -0.4 is 33.8 Å². The Bertz CT molecular complexity index is 1860. The molecule has 2 aliphatic rings. The van der Waals surface area contributed by atoms with Gasteiger partial charge in [0.2, 0.25) is 6.79 Å². The molecular formula is C31H26N2O7S. The van der Waals surface area contributed by atoms with E-state index in [2.05, 4.69) is 0 Å². The van der Waals surface area contributed by atoms with Gasteiger partial charge in [0, 0.05) is 5.56 Å². The molecule has 1 atom stereocenters. The van der Waals surface area contributed by atoms with E-state index in [1.165, 1.54) is 11.3 Å². The van der Waals surface area contributed by atoms with Gasteiger partial charge in [0.15, 0.2) is 27.8 Å². The summed E-state index contributed by atoms with van der Waals surface area (Å²) < 4.78 is 29.5. The normalized spacial score (nSPS) is 15.8. The molecule has 0 N–H and O–H groups in total. The Labute approximate surface area is 239 Å². The molecule has 0 aliphatic carbocycles. The molecule has 0 fully saturated rings. The van der Waals surface area contributed by atoms with Crippen molar-refractivity contribution in [3.05, 3.63) is 109 Å². The molecule has 1 aromatic heterocycles. The van der Waals surface area contributed by atoms with Gasteiger partial charge < -0.3 is 23.7 Å². The van der Waals surface area contributed by atoms with Gasteiger partial charge in [0.1, 0.15) is 0 Å². The highest BCUT2D eigenvalue weighted by atomic mass is 32.1. The summed E-state index contributed by atoms with van der Waals surface area (Å²) in [6, 6.07) is 19.4. The highest BCUT2D eigenvalue weighted by Crippen LogP contribution is 2.40. The van der Waals surface area contributed by atoms with Crippen molar-refractivity contribution in [3.63, 3.8) is 0 Å². The molecule has 41 heavy (non-hydrogen) atoms. The quantitative estimate of drug-likeness (QED) is 0.313. The number of carbonyl (C=O) groups is 1. The number of methoxy groups -OCH3 is 2. The third kappa shape index (κ3) is 4.76. The summed E-state index contributed by atoms with van der Waals surface area (Å²) in [4.78, 5) is 33.0. The molecule has 3 aromatic carbocycles. The lowest BCUT2D eigenvalue weighted by Gasteiger charge is -2.26. The molecule has 0 unspecified atom stereocenters. The number of hydrogen-bond acceptors (Lipinski definition) is 9. The molecule has 10 heteroatoms. The Balaban J connectivity index is 1.62. The molecule has 2 aliphatic heterocycles. The fraction of sp³-hybridized carbons (Fsp3) is 0.194. The van der Waals surface area contributed by atoms with Gasteiger partial charge in [-0.05, 0) is 48.4 Å². The maximum absolute atomic E-state index is 14.1. The fourth-order valence-electron chi connectivity index (χ4n) is 4.93. The van der Waals surface area contributed by atoms with Crippen molar-refractivity contribution in [2.24, 2.45) is 4.99 Å². The molecule has 0 bridgehead atoms. The fourth-order valence-corrected chi connectivity index (χ4v) is 5.93. The van der Waals surface area contributed by atoms with Crippen LogP contribution in [-0.4, -0.2) is 38.2 Å². The van der Waals surface area contributed by atoms with Crippen LogP contribution in [0.25, 0.3) is 11.8 Å². The maximum Gasteiger partial charge on any atom is 0.338 e. The minimum Gasteiger partial charge on any atom is -0.493 e. The van der Waals surface area contributed by atoms with Crippen LogP contribution in [0.2, 0.25) is 0 Å². The Morgan fingerprint density at radius 1 is 1.02 bits per heavy atom. The number of fused-ring (bicyclic) bond motifs is 2. The Morgan fingerprint density at radius 2 is 1.80 bits per heavy atom. The van der Waals surface area contributed by atoms with Crippen LogP contribution in [0, 0.1) is 0 Å². The molecule has 3 heterocycles. The zero-order valence-corrected chi connectivity index (χ0v) is 23.4. The number of rotatable bonds is 7. The number of esters is 1. The van der Waals surface area contributed by atoms with E-state index in [0.717, 1.165) is 11.1 Å². The zero-order chi connectivity index (χ0) is 28.5. The average molecular weight is 571 g/mol.